The van der Waals surface area contributed by atoms with Gasteiger partial charge in [-0.25, -0.2) is 9.97 Å². The van der Waals surface area contributed by atoms with Crippen LogP contribution in [0.15, 0.2) is 54.7 Å². The number of hydrogen-bond donors (Lipinski definition) is 1. The van der Waals surface area contributed by atoms with E-state index in [4.69, 9.17) is 9.47 Å². The molecule has 9 nitrogen and oxygen atoms in total. The third-order valence-corrected chi connectivity index (χ3v) is 9.30. The van der Waals surface area contributed by atoms with E-state index in [2.05, 4.69) is 43.0 Å². The average Bonchev–Trinajstić information content (AvgIpc) is 3.51. The second-order valence-electron chi connectivity index (χ2n) is 12.8. The van der Waals surface area contributed by atoms with Crippen molar-refractivity contribution in [2.24, 2.45) is 0 Å². The number of carbonyl (C=O) groups is 1. The maximum Gasteiger partial charge on any atom is 0.397 e. The Morgan fingerprint density at radius 1 is 0.957 bits per heavy atom. The Hall–Kier alpha value is -4.09. The molecule has 6 rings (SSSR count). The van der Waals surface area contributed by atoms with Gasteiger partial charge in [0.15, 0.2) is 5.82 Å². The summed E-state index contributed by atoms with van der Waals surface area (Å²) in [5.74, 6) is 1.57. The Kier molecular flexibility index (Phi) is 10.0. The van der Waals surface area contributed by atoms with E-state index in [1.165, 1.54) is 11.1 Å². The van der Waals surface area contributed by atoms with Gasteiger partial charge in [0.1, 0.15) is 5.75 Å². The van der Waals surface area contributed by atoms with Gasteiger partial charge in [-0.3, -0.25) is 14.6 Å². The SMILES string of the molecule is CCCC(F)(F)Oc1cc(CN2CCN(C(=O)c3nc4ccc(C5CCN(Cc6ccc(OC)nc6)CC5)cc4[nH]3)CC2)ccc1C. The van der Waals surface area contributed by atoms with Crippen LogP contribution in [0.1, 0.15) is 71.4 Å². The summed E-state index contributed by atoms with van der Waals surface area (Å²) in [6.45, 7) is 9.49. The lowest BCUT2D eigenvalue weighted by atomic mass is 9.89. The molecule has 11 heteroatoms. The third-order valence-electron chi connectivity index (χ3n) is 9.30. The van der Waals surface area contributed by atoms with Crippen molar-refractivity contribution in [3.8, 4) is 11.6 Å². The number of benzene rings is 2. The number of aryl methyl sites for hydroxylation is 1. The van der Waals surface area contributed by atoms with Gasteiger partial charge in [-0.05, 0) is 85.6 Å². The fourth-order valence-electron chi connectivity index (χ4n) is 6.56. The van der Waals surface area contributed by atoms with Crippen LogP contribution in [0.2, 0.25) is 0 Å². The zero-order valence-corrected chi connectivity index (χ0v) is 27.5. The van der Waals surface area contributed by atoms with Gasteiger partial charge in [-0.2, -0.15) is 8.78 Å². The molecule has 2 aromatic heterocycles. The molecule has 1 amide bonds. The van der Waals surface area contributed by atoms with Gasteiger partial charge in [0.2, 0.25) is 5.88 Å². The lowest BCUT2D eigenvalue weighted by Crippen LogP contribution is -2.48. The highest BCUT2D eigenvalue weighted by atomic mass is 19.3. The molecule has 0 spiro atoms. The normalized spacial score (nSPS) is 16.9. The minimum absolute atomic E-state index is 0.104. The zero-order valence-electron chi connectivity index (χ0n) is 27.5. The highest BCUT2D eigenvalue weighted by Gasteiger charge is 2.31. The number of nitrogens with zero attached hydrogens (tertiary/aromatic N) is 5. The summed E-state index contributed by atoms with van der Waals surface area (Å²) in [7, 11) is 1.63. The van der Waals surface area contributed by atoms with Crippen molar-refractivity contribution >= 4 is 16.9 Å². The largest absolute Gasteiger partial charge is 0.481 e. The van der Waals surface area contributed by atoms with E-state index < -0.39 is 6.11 Å². The third kappa shape index (κ3) is 8.08. The van der Waals surface area contributed by atoms with E-state index in [-0.39, 0.29) is 18.1 Å². The number of piperazine rings is 1. The quantitative estimate of drug-likeness (QED) is 0.202. The van der Waals surface area contributed by atoms with Crippen LogP contribution >= 0.6 is 0 Å². The molecular weight excluding hydrogens is 602 g/mol. The lowest BCUT2D eigenvalue weighted by molar-refractivity contribution is -0.181. The number of hydrogen-bond acceptors (Lipinski definition) is 7. The number of fused-ring (bicyclic) bond motifs is 1. The van der Waals surface area contributed by atoms with Crippen molar-refractivity contribution in [3.63, 3.8) is 0 Å². The predicted octanol–water partition coefficient (Wildman–Crippen LogP) is 6.38. The van der Waals surface area contributed by atoms with Crippen molar-refractivity contribution in [2.45, 2.75) is 64.6 Å². The van der Waals surface area contributed by atoms with Gasteiger partial charge in [0.05, 0.1) is 24.6 Å². The summed E-state index contributed by atoms with van der Waals surface area (Å²) in [6, 6.07) is 15.8. The minimum atomic E-state index is -3.18. The number of likely N-dealkylation sites (tertiary alicyclic amines) is 1. The van der Waals surface area contributed by atoms with Crippen LogP contribution in [-0.2, 0) is 13.1 Å². The maximum absolute atomic E-state index is 14.1. The molecule has 2 aliphatic heterocycles. The number of pyridine rings is 1. The summed E-state index contributed by atoms with van der Waals surface area (Å²) in [5.41, 5.74) is 5.73. The van der Waals surface area contributed by atoms with Crippen LogP contribution in [0, 0.1) is 6.92 Å². The van der Waals surface area contributed by atoms with Gasteiger partial charge < -0.3 is 19.4 Å². The fourth-order valence-corrected chi connectivity index (χ4v) is 6.56. The molecule has 2 aliphatic rings. The van der Waals surface area contributed by atoms with Gasteiger partial charge in [-0.1, -0.05) is 31.2 Å². The number of carbonyl (C=O) groups excluding carboxylic acids is 1. The molecule has 250 valence electrons. The topological polar surface area (TPSA) is 86.8 Å². The lowest BCUT2D eigenvalue weighted by Gasteiger charge is -2.34. The number of imidazole rings is 1. The van der Waals surface area contributed by atoms with E-state index in [1.807, 2.05) is 35.4 Å². The summed E-state index contributed by atoms with van der Waals surface area (Å²) in [4.78, 5) is 32.2. The number of piperidine rings is 1. The summed E-state index contributed by atoms with van der Waals surface area (Å²) >= 11 is 0. The Morgan fingerprint density at radius 2 is 1.68 bits per heavy atom. The van der Waals surface area contributed by atoms with E-state index in [1.54, 1.807) is 27.0 Å². The number of ether oxygens (including phenoxy) is 2. The van der Waals surface area contributed by atoms with Crippen LogP contribution < -0.4 is 9.47 Å². The first kappa shape index (κ1) is 32.8. The molecule has 0 aliphatic carbocycles. The van der Waals surface area contributed by atoms with Crippen molar-refractivity contribution < 1.29 is 23.0 Å². The molecule has 4 aromatic rings. The van der Waals surface area contributed by atoms with E-state index in [0.717, 1.165) is 49.1 Å². The Labute approximate surface area is 274 Å². The van der Waals surface area contributed by atoms with Crippen molar-refractivity contribution in [2.75, 3.05) is 46.4 Å². The molecule has 2 fully saturated rings. The first-order valence-electron chi connectivity index (χ1n) is 16.6. The molecule has 0 bridgehead atoms. The Morgan fingerprint density at radius 3 is 2.38 bits per heavy atom. The van der Waals surface area contributed by atoms with Crippen LogP contribution in [0.5, 0.6) is 11.6 Å². The standard InChI is InChI=1S/C36H44F2N6O3/c1-4-13-36(37,38)47-32-20-26(6-5-25(32)2)23-43-16-18-44(19-17-43)35(45)34-40-30-9-8-29(21-31(30)41-34)28-11-14-42(15-12-28)24-27-7-10-33(46-3)39-22-27/h5-10,20-22,28H,4,11-19,23-24H2,1-3H3,(H,40,41). The van der Waals surface area contributed by atoms with Gasteiger partial charge >= 0.3 is 6.11 Å². The summed E-state index contributed by atoms with van der Waals surface area (Å²) in [6.07, 6.45) is 0.869. The van der Waals surface area contributed by atoms with Crippen LogP contribution in [0.3, 0.4) is 0 Å². The number of rotatable bonds is 11. The molecule has 4 heterocycles. The molecule has 0 saturated carbocycles. The number of aromatic amines is 1. The highest BCUT2D eigenvalue weighted by Crippen LogP contribution is 2.31. The van der Waals surface area contributed by atoms with Crippen molar-refractivity contribution in [1.82, 2.24) is 29.7 Å². The van der Waals surface area contributed by atoms with Crippen LogP contribution in [0.4, 0.5) is 8.78 Å². The molecule has 0 unspecified atom stereocenters. The molecular formula is C36H44F2N6O3. The summed E-state index contributed by atoms with van der Waals surface area (Å²) in [5, 5.41) is 0. The van der Waals surface area contributed by atoms with Gasteiger partial charge in [0.25, 0.3) is 5.91 Å². The second kappa shape index (κ2) is 14.4. The minimum Gasteiger partial charge on any atom is -0.481 e. The fraction of sp³-hybridized carbons (Fsp3) is 0.472. The number of alkyl halides is 2. The first-order chi connectivity index (χ1) is 22.7. The van der Waals surface area contributed by atoms with Gasteiger partial charge in [0, 0.05) is 51.5 Å². The number of H-pyrrole nitrogens is 1. The van der Waals surface area contributed by atoms with E-state index in [0.29, 0.717) is 62.3 Å². The smallest absolute Gasteiger partial charge is 0.397 e. The van der Waals surface area contributed by atoms with E-state index in [9.17, 15) is 13.6 Å². The number of methoxy groups -OCH3 is 1. The zero-order chi connectivity index (χ0) is 33.0. The van der Waals surface area contributed by atoms with E-state index >= 15 is 0 Å². The number of halogens is 2. The molecule has 2 aromatic carbocycles. The molecule has 2 saturated heterocycles. The molecule has 0 radical (unpaired) electrons. The van der Waals surface area contributed by atoms with Crippen LogP contribution in [0.25, 0.3) is 11.0 Å². The molecule has 47 heavy (non-hydrogen) atoms. The summed E-state index contributed by atoms with van der Waals surface area (Å²) < 4.78 is 38.5. The Balaban J connectivity index is 1.01. The van der Waals surface area contributed by atoms with Crippen molar-refractivity contribution in [1.29, 1.82) is 0 Å². The van der Waals surface area contributed by atoms with Crippen LogP contribution in [-0.4, -0.2) is 88.0 Å². The van der Waals surface area contributed by atoms with Crippen molar-refractivity contribution in [3.05, 3.63) is 82.8 Å². The molecule has 1 N–H and O–H groups in total. The second-order valence-corrected chi connectivity index (χ2v) is 12.8. The monoisotopic (exact) mass is 646 g/mol. The number of amides is 1. The highest BCUT2D eigenvalue weighted by molar-refractivity contribution is 5.94. The number of aromatic nitrogens is 3. The maximum atomic E-state index is 14.1. The predicted molar refractivity (Wildman–Crippen MR) is 177 cm³/mol. The van der Waals surface area contributed by atoms with Gasteiger partial charge in [-0.15, -0.1) is 0 Å². The molecule has 0 atom stereocenters. The first-order valence-corrected chi connectivity index (χ1v) is 16.6. The number of nitrogens with one attached hydrogen (secondary N) is 1. The average molecular weight is 647 g/mol. The Bertz CT molecular complexity index is 1660.